The van der Waals surface area contributed by atoms with Crippen molar-refractivity contribution in [2.75, 3.05) is 7.11 Å². The van der Waals surface area contributed by atoms with E-state index >= 15 is 0 Å². The number of carboxylic acids is 1. The highest BCUT2D eigenvalue weighted by Gasteiger charge is 2.20. The van der Waals surface area contributed by atoms with E-state index < -0.39 is 5.97 Å². The summed E-state index contributed by atoms with van der Waals surface area (Å²) in [5.41, 5.74) is 0.996. The molecule has 5 heteroatoms. The average molecular weight is 257 g/mol. The molecular weight excluding hydrogens is 248 g/mol. The Hall–Kier alpha value is -1.26. The van der Waals surface area contributed by atoms with E-state index in [4.69, 9.17) is 21.4 Å². The number of thiophene rings is 1. The molecule has 0 unspecified atom stereocenters. The van der Waals surface area contributed by atoms with Gasteiger partial charge in [-0.3, -0.25) is 0 Å². The van der Waals surface area contributed by atoms with Crippen molar-refractivity contribution in [1.29, 1.82) is 0 Å². The van der Waals surface area contributed by atoms with Gasteiger partial charge in [-0.2, -0.15) is 0 Å². The number of carboxylic acid groups (broad SMARTS) is 1. The molecule has 0 radical (unpaired) electrons. The van der Waals surface area contributed by atoms with E-state index in [1.807, 2.05) is 13.0 Å². The van der Waals surface area contributed by atoms with Crippen LogP contribution in [0.25, 0.3) is 10.1 Å². The first-order valence-electron chi connectivity index (χ1n) is 4.55. The summed E-state index contributed by atoms with van der Waals surface area (Å²) in [6.07, 6.45) is 0. The first-order chi connectivity index (χ1) is 7.56. The molecule has 0 aliphatic heterocycles. The normalized spacial score (nSPS) is 10.7. The predicted molar refractivity (Wildman–Crippen MR) is 65.1 cm³/mol. The molecule has 0 fully saturated rings. The summed E-state index contributed by atoms with van der Waals surface area (Å²) in [5, 5.41) is 9.95. The minimum absolute atomic E-state index is 0.157. The van der Waals surface area contributed by atoms with Crippen molar-refractivity contribution in [3.63, 3.8) is 0 Å². The summed E-state index contributed by atoms with van der Waals surface area (Å²) in [4.78, 5) is 11.1. The summed E-state index contributed by atoms with van der Waals surface area (Å²) >= 11 is 7.23. The van der Waals surface area contributed by atoms with E-state index in [1.54, 1.807) is 13.2 Å². The molecule has 0 aliphatic carbocycles. The molecular formula is C11H9ClO3S. The van der Waals surface area contributed by atoms with Crippen LogP contribution in [0.5, 0.6) is 5.75 Å². The number of carbonyl (C=O) groups is 1. The number of hydrogen-bond acceptors (Lipinski definition) is 3. The van der Waals surface area contributed by atoms with Gasteiger partial charge in [0.15, 0.2) is 0 Å². The highest BCUT2D eigenvalue weighted by molar-refractivity contribution is 7.21. The van der Waals surface area contributed by atoms with Crippen molar-refractivity contribution in [2.45, 2.75) is 6.92 Å². The lowest BCUT2D eigenvalue weighted by Gasteiger charge is -2.03. The van der Waals surface area contributed by atoms with E-state index in [9.17, 15) is 4.79 Å². The van der Waals surface area contributed by atoms with Gasteiger partial charge in [0.1, 0.15) is 10.6 Å². The van der Waals surface area contributed by atoms with Crippen LogP contribution in [0.1, 0.15) is 15.2 Å². The van der Waals surface area contributed by atoms with Crippen molar-refractivity contribution in [3.8, 4) is 5.75 Å². The lowest BCUT2D eigenvalue weighted by molar-refractivity contribution is 0.0702. The van der Waals surface area contributed by atoms with Gasteiger partial charge < -0.3 is 9.84 Å². The zero-order valence-electron chi connectivity index (χ0n) is 8.70. The topological polar surface area (TPSA) is 46.5 Å². The maximum absolute atomic E-state index is 11.0. The Kier molecular flexibility index (Phi) is 2.78. The molecule has 1 aromatic heterocycles. The summed E-state index contributed by atoms with van der Waals surface area (Å²) in [6, 6.07) is 3.68. The largest absolute Gasteiger partial charge is 0.496 e. The molecule has 84 valence electrons. The Labute approximate surface area is 101 Å². The van der Waals surface area contributed by atoms with E-state index in [2.05, 4.69) is 0 Å². The van der Waals surface area contributed by atoms with Gasteiger partial charge in [-0.1, -0.05) is 17.7 Å². The van der Waals surface area contributed by atoms with E-state index in [-0.39, 0.29) is 9.90 Å². The van der Waals surface area contributed by atoms with Crippen LogP contribution in [0, 0.1) is 6.92 Å². The number of rotatable bonds is 2. The molecule has 0 aliphatic rings. The predicted octanol–water partition coefficient (Wildman–Crippen LogP) is 3.57. The number of methoxy groups -OCH3 is 1. The highest BCUT2D eigenvalue weighted by Crippen LogP contribution is 2.42. The fourth-order valence-electron chi connectivity index (χ4n) is 1.58. The minimum Gasteiger partial charge on any atom is -0.496 e. The number of hydrogen-bond donors (Lipinski definition) is 1. The lowest BCUT2D eigenvalue weighted by Crippen LogP contribution is -1.91. The zero-order chi connectivity index (χ0) is 11.9. The van der Waals surface area contributed by atoms with Crippen LogP contribution < -0.4 is 4.74 Å². The molecule has 2 aromatic rings. The van der Waals surface area contributed by atoms with Gasteiger partial charge in [0.2, 0.25) is 0 Å². The average Bonchev–Trinajstić information content (AvgIpc) is 2.59. The molecule has 1 heterocycles. The second-order valence-electron chi connectivity index (χ2n) is 3.34. The Balaban J connectivity index is 2.89. The maximum Gasteiger partial charge on any atom is 0.347 e. The molecule has 16 heavy (non-hydrogen) atoms. The quantitative estimate of drug-likeness (QED) is 0.894. The van der Waals surface area contributed by atoms with Crippen LogP contribution >= 0.6 is 22.9 Å². The van der Waals surface area contributed by atoms with Gasteiger partial charge in [-0.25, -0.2) is 4.79 Å². The third-order valence-corrected chi connectivity index (χ3v) is 4.16. The number of aromatic carboxylic acids is 1. The van der Waals surface area contributed by atoms with Crippen molar-refractivity contribution in [1.82, 2.24) is 0 Å². The number of ether oxygens (including phenoxy) is 1. The molecule has 3 nitrogen and oxygen atoms in total. The summed E-state index contributed by atoms with van der Waals surface area (Å²) in [7, 11) is 1.54. The number of aryl methyl sites for hydroxylation is 1. The fourth-order valence-corrected chi connectivity index (χ4v) is 3.03. The second-order valence-corrected chi connectivity index (χ2v) is 4.74. The second kappa shape index (κ2) is 3.96. The lowest BCUT2D eigenvalue weighted by atomic mass is 10.1. The first-order valence-corrected chi connectivity index (χ1v) is 5.74. The van der Waals surface area contributed by atoms with Gasteiger partial charge in [0.25, 0.3) is 0 Å². The molecule has 0 saturated heterocycles. The number of halogens is 1. The Morgan fingerprint density at radius 1 is 1.50 bits per heavy atom. The monoisotopic (exact) mass is 256 g/mol. The van der Waals surface area contributed by atoms with Crippen LogP contribution in [-0.4, -0.2) is 18.2 Å². The molecule has 0 saturated carbocycles. The van der Waals surface area contributed by atoms with Gasteiger partial charge in [0.05, 0.1) is 17.5 Å². The van der Waals surface area contributed by atoms with Gasteiger partial charge >= 0.3 is 5.97 Å². The molecule has 1 N–H and O–H groups in total. The third kappa shape index (κ3) is 1.54. The smallest absolute Gasteiger partial charge is 0.347 e. The van der Waals surface area contributed by atoms with Gasteiger partial charge in [0, 0.05) is 4.70 Å². The van der Waals surface area contributed by atoms with Crippen LogP contribution in [-0.2, 0) is 0 Å². The van der Waals surface area contributed by atoms with Crippen molar-refractivity contribution < 1.29 is 14.6 Å². The van der Waals surface area contributed by atoms with Crippen LogP contribution in [0.15, 0.2) is 12.1 Å². The zero-order valence-corrected chi connectivity index (χ0v) is 10.3. The minimum atomic E-state index is -1.01. The van der Waals surface area contributed by atoms with E-state index in [0.29, 0.717) is 11.1 Å². The molecule has 0 amide bonds. The molecule has 0 atom stereocenters. The third-order valence-electron chi connectivity index (χ3n) is 2.35. The van der Waals surface area contributed by atoms with Gasteiger partial charge in [-0.15, -0.1) is 11.3 Å². The van der Waals surface area contributed by atoms with Crippen LogP contribution in [0.4, 0.5) is 0 Å². The first kappa shape index (κ1) is 11.2. The fraction of sp³-hybridized carbons (Fsp3) is 0.182. The van der Waals surface area contributed by atoms with Gasteiger partial charge in [-0.05, 0) is 18.6 Å². The Bertz CT molecular complexity index is 574. The summed E-state index contributed by atoms with van der Waals surface area (Å²) < 4.78 is 6.05. The highest BCUT2D eigenvalue weighted by atomic mass is 35.5. The van der Waals surface area contributed by atoms with Crippen molar-refractivity contribution >= 4 is 39.0 Å². The standard InChI is InChI=1S/C11H9ClO3S/c1-5-3-4-6(15-2)7-8(12)10(11(13)14)16-9(5)7/h3-4H,1-2H3,(H,13,14). The van der Waals surface area contributed by atoms with Crippen LogP contribution in [0.3, 0.4) is 0 Å². The van der Waals surface area contributed by atoms with E-state index in [1.165, 1.54) is 11.3 Å². The Morgan fingerprint density at radius 2 is 2.19 bits per heavy atom. The summed E-state index contributed by atoms with van der Waals surface area (Å²) in [5.74, 6) is -0.401. The molecule has 0 bridgehead atoms. The van der Waals surface area contributed by atoms with Crippen LogP contribution in [0.2, 0.25) is 5.02 Å². The molecule has 2 rings (SSSR count). The molecule has 0 spiro atoms. The maximum atomic E-state index is 11.0. The van der Waals surface area contributed by atoms with Crippen molar-refractivity contribution in [3.05, 3.63) is 27.6 Å². The SMILES string of the molecule is COc1ccc(C)c2sc(C(=O)O)c(Cl)c12. The summed E-state index contributed by atoms with van der Waals surface area (Å²) in [6.45, 7) is 1.92. The molecule has 1 aromatic carbocycles. The van der Waals surface area contributed by atoms with Crippen molar-refractivity contribution in [2.24, 2.45) is 0 Å². The Morgan fingerprint density at radius 3 is 2.75 bits per heavy atom. The number of benzene rings is 1. The van der Waals surface area contributed by atoms with E-state index in [0.717, 1.165) is 10.3 Å². The number of fused-ring (bicyclic) bond motifs is 1.